The summed E-state index contributed by atoms with van der Waals surface area (Å²) in [6, 6.07) is 6.90. The Bertz CT molecular complexity index is 355. The number of rotatable bonds is 4. The minimum Gasteiger partial charge on any atom is -0.310 e. The van der Waals surface area contributed by atoms with Gasteiger partial charge in [-0.25, -0.2) is 8.78 Å². The summed E-state index contributed by atoms with van der Waals surface area (Å²) in [4.78, 5) is 0. The summed E-state index contributed by atoms with van der Waals surface area (Å²) in [7, 11) is 0. The Labute approximate surface area is 102 Å². The fourth-order valence-corrected chi connectivity index (χ4v) is 1.42. The van der Waals surface area contributed by atoms with Gasteiger partial charge in [0.25, 0.3) is 6.43 Å². The van der Waals surface area contributed by atoms with Gasteiger partial charge in [0, 0.05) is 18.2 Å². The molecule has 1 nitrogen and oxygen atoms in total. The van der Waals surface area contributed by atoms with Crippen LogP contribution in [-0.2, 0) is 6.54 Å². The second kappa shape index (κ2) is 5.58. The van der Waals surface area contributed by atoms with Crippen molar-refractivity contribution in [3.63, 3.8) is 0 Å². The Balaban J connectivity index is 2.61. The highest BCUT2D eigenvalue weighted by molar-refractivity contribution is 5.24. The first-order chi connectivity index (χ1) is 7.80. The molecule has 0 amide bonds. The number of alkyl halides is 2. The molecule has 96 valence electrons. The van der Waals surface area contributed by atoms with E-state index in [1.54, 1.807) is 12.1 Å². The summed E-state index contributed by atoms with van der Waals surface area (Å²) in [6.45, 7) is 9.19. The third kappa shape index (κ3) is 4.43. The highest BCUT2D eigenvalue weighted by Gasteiger charge is 2.19. The van der Waals surface area contributed by atoms with Gasteiger partial charge in [-0.3, -0.25) is 0 Å². The molecular formula is C14H21F2N. The van der Waals surface area contributed by atoms with Crippen molar-refractivity contribution in [2.24, 2.45) is 5.41 Å². The van der Waals surface area contributed by atoms with Crippen molar-refractivity contribution >= 4 is 0 Å². The number of hydrogen-bond acceptors (Lipinski definition) is 1. The van der Waals surface area contributed by atoms with Crippen molar-refractivity contribution in [1.29, 1.82) is 0 Å². The van der Waals surface area contributed by atoms with Crippen LogP contribution in [0.15, 0.2) is 24.3 Å². The lowest BCUT2D eigenvalue weighted by Gasteiger charge is -2.28. The lowest BCUT2D eigenvalue weighted by atomic mass is 9.88. The van der Waals surface area contributed by atoms with Gasteiger partial charge in [-0.2, -0.15) is 0 Å². The van der Waals surface area contributed by atoms with E-state index in [9.17, 15) is 8.78 Å². The van der Waals surface area contributed by atoms with E-state index in [1.165, 1.54) is 6.07 Å². The van der Waals surface area contributed by atoms with Crippen molar-refractivity contribution in [3.05, 3.63) is 35.4 Å². The fraction of sp³-hybridized carbons (Fsp3) is 0.571. The van der Waals surface area contributed by atoms with E-state index in [4.69, 9.17) is 0 Å². The zero-order valence-corrected chi connectivity index (χ0v) is 10.9. The van der Waals surface area contributed by atoms with Gasteiger partial charge in [0.2, 0.25) is 0 Å². The molecule has 1 N–H and O–H groups in total. The molecule has 0 aliphatic carbocycles. The lowest BCUT2D eigenvalue weighted by molar-refractivity contribution is 0.151. The molecule has 17 heavy (non-hydrogen) atoms. The van der Waals surface area contributed by atoms with Gasteiger partial charge in [-0.1, -0.05) is 39.0 Å². The molecule has 0 bridgehead atoms. The molecule has 1 aromatic carbocycles. The van der Waals surface area contributed by atoms with Crippen molar-refractivity contribution in [2.45, 2.75) is 46.7 Å². The van der Waals surface area contributed by atoms with Gasteiger partial charge >= 0.3 is 0 Å². The number of halogens is 2. The molecule has 1 rings (SSSR count). The number of nitrogens with one attached hydrogen (secondary N) is 1. The highest BCUT2D eigenvalue weighted by Crippen LogP contribution is 2.21. The predicted octanol–water partition coefficient (Wildman–Crippen LogP) is 4.15. The Hall–Kier alpha value is -0.960. The molecule has 0 spiro atoms. The van der Waals surface area contributed by atoms with Crippen molar-refractivity contribution in [2.75, 3.05) is 0 Å². The van der Waals surface area contributed by atoms with Crippen LogP contribution in [0.25, 0.3) is 0 Å². The van der Waals surface area contributed by atoms with Crippen LogP contribution in [0.3, 0.4) is 0 Å². The molecule has 0 radical (unpaired) electrons. The zero-order chi connectivity index (χ0) is 13.1. The van der Waals surface area contributed by atoms with E-state index in [0.717, 1.165) is 5.56 Å². The van der Waals surface area contributed by atoms with E-state index in [2.05, 4.69) is 33.0 Å². The Morgan fingerprint density at radius 1 is 1.24 bits per heavy atom. The van der Waals surface area contributed by atoms with E-state index >= 15 is 0 Å². The van der Waals surface area contributed by atoms with Crippen LogP contribution in [-0.4, -0.2) is 6.04 Å². The largest absolute Gasteiger partial charge is 0.310 e. The maximum absolute atomic E-state index is 12.5. The number of hydrogen-bond donors (Lipinski definition) is 1. The molecule has 1 unspecified atom stereocenters. The smallest absolute Gasteiger partial charge is 0.263 e. The molecule has 1 aromatic rings. The summed E-state index contributed by atoms with van der Waals surface area (Å²) in [5, 5.41) is 3.36. The van der Waals surface area contributed by atoms with Crippen molar-refractivity contribution < 1.29 is 8.78 Å². The molecule has 0 fully saturated rings. The third-order valence-electron chi connectivity index (χ3n) is 3.11. The van der Waals surface area contributed by atoms with Crippen molar-refractivity contribution in [1.82, 2.24) is 5.32 Å². The van der Waals surface area contributed by atoms with Gasteiger partial charge < -0.3 is 5.32 Å². The second-order valence-corrected chi connectivity index (χ2v) is 5.51. The van der Waals surface area contributed by atoms with Gasteiger partial charge in [0.15, 0.2) is 0 Å². The molecular weight excluding hydrogens is 220 g/mol. The SMILES string of the molecule is CC(NCc1cccc(C(F)F)c1)C(C)(C)C. The minimum atomic E-state index is -2.39. The Kier molecular flexibility index (Phi) is 4.63. The summed E-state index contributed by atoms with van der Waals surface area (Å²) in [5.41, 5.74) is 1.16. The molecule has 1 atom stereocenters. The van der Waals surface area contributed by atoms with Crippen LogP contribution in [0, 0.1) is 5.41 Å². The normalized spacial score (nSPS) is 14.1. The Morgan fingerprint density at radius 3 is 2.41 bits per heavy atom. The first-order valence-corrected chi connectivity index (χ1v) is 5.91. The van der Waals surface area contributed by atoms with Gasteiger partial charge in [0.1, 0.15) is 0 Å². The third-order valence-corrected chi connectivity index (χ3v) is 3.11. The minimum absolute atomic E-state index is 0.0905. The summed E-state index contributed by atoms with van der Waals surface area (Å²) in [6.07, 6.45) is -2.39. The maximum Gasteiger partial charge on any atom is 0.263 e. The molecule has 0 saturated heterocycles. The summed E-state index contributed by atoms with van der Waals surface area (Å²) < 4.78 is 25.0. The van der Waals surface area contributed by atoms with Crippen molar-refractivity contribution in [3.8, 4) is 0 Å². The molecule has 0 aromatic heterocycles. The Morgan fingerprint density at radius 2 is 1.88 bits per heavy atom. The van der Waals surface area contributed by atoms with Crippen LogP contribution in [0.5, 0.6) is 0 Å². The zero-order valence-electron chi connectivity index (χ0n) is 10.9. The maximum atomic E-state index is 12.5. The van der Waals surface area contributed by atoms with Gasteiger partial charge in [0.05, 0.1) is 0 Å². The van der Waals surface area contributed by atoms with E-state index in [1.807, 2.05) is 6.07 Å². The van der Waals surface area contributed by atoms with E-state index in [0.29, 0.717) is 12.6 Å². The standard InChI is InChI=1S/C14H21F2N/c1-10(14(2,3)4)17-9-11-6-5-7-12(8-11)13(15)16/h5-8,10,13,17H,9H2,1-4H3. The van der Waals surface area contributed by atoms with Crippen LogP contribution in [0.4, 0.5) is 8.78 Å². The molecule has 0 aliphatic heterocycles. The van der Waals surface area contributed by atoms with E-state index < -0.39 is 6.43 Å². The van der Waals surface area contributed by atoms with Crippen LogP contribution >= 0.6 is 0 Å². The van der Waals surface area contributed by atoms with Gasteiger partial charge in [-0.05, 0) is 24.0 Å². The molecule has 0 saturated carbocycles. The average Bonchev–Trinajstić information content (AvgIpc) is 2.25. The average molecular weight is 241 g/mol. The molecule has 0 aliphatic rings. The highest BCUT2D eigenvalue weighted by atomic mass is 19.3. The quantitative estimate of drug-likeness (QED) is 0.835. The second-order valence-electron chi connectivity index (χ2n) is 5.51. The van der Waals surface area contributed by atoms with Gasteiger partial charge in [-0.15, -0.1) is 0 Å². The molecule has 3 heteroatoms. The van der Waals surface area contributed by atoms with E-state index in [-0.39, 0.29) is 11.0 Å². The summed E-state index contributed by atoms with van der Waals surface area (Å²) >= 11 is 0. The first-order valence-electron chi connectivity index (χ1n) is 5.91. The predicted molar refractivity (Wildman–Crippen MR) is 67.2 cm³/mol. The molecule has 0 heterocycles. The topological polar surface area (TPSA) is 12.0 Å². The monoisotopic (exact) mass is 241 g/mol. The fourth-order valence-electron chi connectivity index (χ4n) is 1.42. The summed E-state index contributed by atoms with van der Waals surface area (Å²) in [5.74, 6) is 0. The number of benzene rings is 1. The van der Waals surface area contributed by atoms with Crippen LogP contribution < -0.4 is 5.32 Å². The first kappa shape index (κ1) is 14.1. The van der Waals surface area contributed by atoms with Crippen LogP contribution in [0.1, 0.15) is 45.2 Å². The lowest BCUT2D eigenvalue weighted by Crippen LogP contribution is -2.37. The van der Waals surface area contributed by atoms with Crippen LogP contribution in [0.2, 0.25) is 0 Å².